The van der Waals surface area contributed by atoms with Crippen molar-refractivity contribution < 1.29 is 21.2 Å². The van der Waals surface area contributed by atoms with E-state index in [9.17, 15) is 0 Å². The zero-order valence-corrected chi connectivity index (χ0v) is 13.2. The van der Waals surface area contributed by atoms with Gasteiger partial charge in [0.2, 0.25) is 0 Å². The van der Waals surface area contributed by atoms with Crippen LogP contribution >= 0.6 is 0 Å². The monoisotopic (exact) mass is 324 g/mol. The van der Waals surface area contributed by atoms with Gasteiger partial charge in [-0.05, 0) is 0 Å². The molecule has 0 saturated carbocycles. The fraction of sp³-hybridized carbons (Fsp3) is 0.846. The minimum absolute atomic E-state index is 0.158. The van der Waals surface area contributed by atoms with Gasteiger partial charge < -0.3 is 0 Å². The maximum atomic E-state index is 4.02. The minimum atomic E-state index is 0.158. The molecule has 0 radical (unpaired) electrons. The summed E-state index contributed by atoms with van der Waals surface area (Å²) in [5, 5.41) is 0. The molecule has 92 valence electrons. The van der Waals surface area contributed by atoms with Gasteiger partial charge in [0.25, 0.3) is 0 Å². The Labute approximate surface area is 107 Å². The van der Waals surface area contributed by atoms with E-state index in [4.69, 9.17) is 0 Å². The molecule has 0 bridgehead atoms. The molecule has 0 N–H and O–H groups in total. The fourth-order valence-corrected chi connectivity index (χ4v) is 4.65. The van der Waals surface area contributed by atoms with E-state index >= 15 is 0 Å². The Hall–Kier alpha value is 0.430. The Bertz CT molecular complexity index is 166. The van der Waals surface area contributed by atoms with Gasteiger partial charge in [0, 0.05) is 0 Å². The average Bonchev–Trinajstić information content (AvgIpc) is 2.12. The van der Waals surface area contributed by atoms with Crippen LogP contribution < -0.4 is 21.2 Å². The van der Waals surface area contributed by atoms with Crippen molar-refractivity contribution in [3.8, 4) is 0 Å². The fourth-order valence-electron chi connectivity index (χ4n) is 1.53. The first-order valence-corrected chi connectivity index (χ1v) is 8.28. The molecule has 1 nitrogen and oxygen atoms in total. The number of nitrogens with zero attached hydrogens (tertiary/aromatic N) is 1. The molecule has 0 aromatic heterocycles. The molecule has 0 aliphatic carbocycles. The van der Waals surface area contributed by atoms with Crippen molar-refractivity contribution in [1.82, 2.24) is 4.90 Å². The van der Waals surface area contributed by atoms with Gasteiger partial charge in [0.1, 0.15) is 0 Å². The predicted octanol–water partition coefficient (Wildman–Crippen LogP) is 0.508. The van der Waals surface area contributed by atoms with Gasteiger partial charge in [-0.2, -0.15) is 0 Å². The molecule has 0 aromatic carbocycles. The molecule has 0 saturated heterocycles. The van der Waals surface area contributed by atoms with E-state index in [1.165, 1.54) is 25.9 Å². The van der Waals surface area contributed by atoms with E-state index in [1.54, 1.807) is 0 Å². The zero-order chi connectivity index (χ0) is 11.9. The second-order valence-corrected chi connectivity index (χ2v) is 9.96. The SMILES string of the molecule is C=C[C@@H]([I-]C(C)(C)C)N(CCC)CCC. The van der Waals surface area contributed by atoms with Gasteiger partial charge in [-0.3, -0.25) is 0 Å². The molecule has 15 heavy (non-hydrogen) atoms. The molecule has 0 rings (SSSR count). The van der Waals surface area contributed by atoms with Gasteiger partial charge in [-0.15, -0.1) is 0 Å². The summed E-state index contributed by atoms with van der Waals surface area (Å²) in [6, 6.07) is 0. The van der Waals surface area contributed by atoms with E-state index in [0.717, 1.165) is 0 Å². The van der Waals surface area contributed by atoms with Crippen LogP contribution in [-0.2, 0) is 0 Å². The number of rotatable bonds is 7. The summed E-state index contributed by atoms with van der Waals surface area (Å²) in [6.45, 7) is 18.0. The van der Waals surface area contributed by atoms with Crippen LogP contribution in [0.5, 0.6) is 0 Å². The Morgan fingerprint density at radius 1 is 1.20 bits per heavy atom. The molecule has 0 aliphatic heterocycles. The molecule has 2 heteroatoms. The van der Waals surface area contributed by atoms with Crippen LogP contribution in [0.4, 0.5) is 0 Å². The van der Waals surface area contributed by atoms with Crippen molar-refractivity contribution in [2.24, 2.45) is 0 Å². The number of alkyl halides is 2. The van der Waals surface area contributed by atoms with Crippen LogP contribution in [0, 0.1) is 0 Å². The zero-order valence-electron chi connectivity index (χ0n) is 11.0. The molecular weight excluding hydrogens is 297 g/mol. The van der Waals surface area contributed by atoms with Crippen molar-refractivity contribution >= 4 is 0 Å². The first-order chi connectivity index (χ1) is 6.94. The average molecular weight is 324 g/mol. The molecular formula is C13H27IN-. The van der Waals surface area contributed by atoms with E-state index in [1.807, 2.05) is 0 Å². The van der Waals surface area contributed by atoms with E-state index in [-0.39, 0.29) is 21.2 Å². The van der Waals surface area contributed by atoms with Crippen molar-refractivity contribution in [3.05, 3.63) is 12.7 Å². The Morgan fingerprint density at radius 2 is 1.67 bits per heavy atom. The van der Waals surface area contributed by atoms with Crippen LogP contribution in [0.3, 0.4) is 0 Å². The molecule has 0 aliphatic rings. The third kappa shape index (κ3) is 7.34. The summed E-state index contributed by atoms with van der Waals surface area (Å²) in [7, 11) is 0. The van der Waals surface area contributed by atoms with Crippen LogP contribution in [0.1, 0.15) is 47.5 Å². The van der Waals surface area contributed by atoms with Crippen molar-refractivity contribution in [2.45, 2.75) is 54.9 Å². The molecule has 0 spiro atoms. The van der Waals surface area contributed by atoms with Gasteiger partial charge in [-0.1, -0.05) is 0 Å². The number of hydrogen-bond donors (Lipinski definition) is 0. The van der Waals surface area contributed by atoms with E-state index in [2.05, 4.69) is 52.2 Å². The van der Waals surface area contributed by atoms with Crippen LogP contribution in [0.15, 0.2) is 12.7 Å². The van der Waals surface area contributed by atoms with Gasteiger partial charge in [-0.25, -0.2) is 0 Å². The molecule has 0 unspecified atom stereocenters. The summed E-state index contributed by atoms with van der Waals surface area (Å²) >= 11 is 0.158. The second-order valence-electron chi connectivity index (χ2n) is 4.82. The van der Waals surface area contributed by atoms with Crippen molar-refractivity contribution in [1.29, 1.82) is 0 Å². The Balaban J connectivity index is 4.37. The van der Waals surface area contributed by atoms with Gasteiger partial charge >= 0.3 is 107 Å². The van der Waals surface area contributed by atoms with Crippen LogP contribution in [-0.4, -0.2) is 25.5 Å². The standard InChI is InChI=1S/C13H27IN/c1-7-10-15(11-8-2)12(9-3)14-13(4,5)6/h9,12H,3,7-8,10-11H2,1-2,4-6H3/q-1/t12-/m0/s1. The van der Waals surface area contributed by atoms with Gasteiger partial charge in [0.15, 0.2) is 0 Å². The molecule has 0 heterocycles. The predicted molar refractivity (Wildman–Crippen MR) is 65.9 cm³/mol. The molecule has 0 fully saturated rings. The molecule has 0 amide bonds. The quantitative estimate of drug-likeness (QED) is 0.285. The summed E-state index contributed by atoms with van der Waals surface area (Å²) in [4.78, 5) is 2.62. The Kier molecular flexibility index (Phi) is 7.88. The third-order valence-electron chi connectivity index (χ3n) is 2.00. The Morgan fingerprint density at radius 3 is 1.93 bits per heavy atom. The first kappa shape index (κ1) is 15.4. The first-order valence-electron chi connectivity index (χ1n) is 5.95. The van der Waals surface area contributed by atoms with Gasteiger partial charge in [0.05, 0.1) is 0 Å². The topological polar surface area (TPSA) is 3.24 Å². The third-order valence-corrected chi connectivity index (χ3v) is 5.81. The van der Waals surface area contributed by atoms with Crippen molar-refractivity contribution in [2.75, 3.05) is 13.1 Å². The number of hydrogen-bond acceptors (Lipinski definition) is 1. The van der Waals surface area contributed by atoms with E-state index in [0.29, 0.717) is 7.47 Å². The summed E-state index contributed by atoms with van der Waals surface area (Å²) in [5.74, 6) is 0. The van der Waals surface area contributed by atoms with Crippen molar-refractivity contribution in [3.63, 3.8) is 0 Å². The summed E-state index contributed by atoms with van der Waals surface area (Å²) in [5.41, 5.74) is 0. The van der Waals surface area contributed by atoms with Crippen LogP contribution in [0.2, 0.25) is 0 Å². The normalized spacial score (nSPS) is 14.5. The number of halogens is 1. The summed E-state index contributed by atoms with van der Waals surface area (Å²) < 4.78 is 1.15. The summed E-state index contributed by atoms with van der Waals surface area (Å²) in [6.07, 6.45) is 4.67. The second kappa shape index (κ2) is 7.66. The van der Waals surface area contributed by atoms with Crippen LogP contribution in [0.25, 0.3) is 0 Å². The van der Waals surface area contributed by atoms with E-state index < -0.39 is 0 Å². The molecule has 0 aromatic rings. The maximum absolute atomic E-state index is 4.02. The molecule has 1 atom stereocenters.